The predicted octanol–water partition coefficient (Wildman–Crippen LogP) is 2.83. The first-order chi connectivity index (χ1) is 11.3. The number of hydrogen-bond donors (Lipinski definition) is 2. The van der Waals surface area contributed by atoms with Crippen LogP contribution in [0.5, 0.6) is 0 Å². The van der Waals surface area contributed by atoms with E-state index in [-0.39, 0.29) is 0 Å². The number of rotatable bonds is 5. The van der Waals surface area contributed by atoms with Crippen LogP contribution >= 0.6 is 0 Å². The fourth-order valence-electron chi connectivity index (χ4n) is 2.26. The minimum absolute atomic E-state index is 0.516. The predicted molar refractivity (Wildman–Crippen MR) is 92.5 cm³/mol. The standard InChI is InChI=1S/C17H18N6/c1-23(14-7-3-2-4-8-14)17-15(18)16(21-12-22-17)20-11-13-6-5-9-19-10-13/h2-10,12H,11,18H2,1H3,(H,20,21,22). The molecule has 0 aliphatic rings. The summed E-state index contributed by atoms with van der Waals surface area (Å²) in [4.78, 5) is 14.6. The first-order valence-electron chi connectivity index (χ1n) is 7.27. The minimum Gasteiger partial charge on any atom is -0.393 e. The van der Waals surface area contributed by atoms with Gasteiger partial charge in [-0.2, -0.15) is 0 Å². The molecule has 2 heterocycles. The Morgan fingerprint density at radius 3 is 2.65 bits per heavy atom. The molecule has 3 N–H and O–H groups in total. The highest BCUT2D eigenvalue weighted by molar-refractivity contribution is 5.78. The van der Waals surface area contributed by atoms with Crippen molar-refractivity contribution in [2.45, 2.75) is 6.54 Å². The lowest BCUT2D eigenvalue weighted by Gasteiger charge is -2.21. The van der Waals surface area contributed by atoms with Crippen LogP contribution in [0.2, 0.25) is 0 Å². The van der Waals surface area contributed by atoms with Crippen molar-refractivity contribution in [3.05, 3.63) is 66.7 Å². The maximum Gasteiger partial charge on any atom is 0.161 e. The minimum atomic E-state index is 0.516. The normalized spacial score (nSPS) is 10.3. The SMILES string of the molecule is CN(c1ccccc1)c1ncnc(NCc2cccnc2)c1N. The third-order valence-corrected chi connectivity index (χ3v) is 3.51. The number of nitrogens with one attached hydrogen (secondary N) is 1. The molecule has 0 aliphatic carbocycles. The van der Waals surface area contributed by atoms with E-state index in [0.717, 1.165) is 11.3 Å². The first-order valence-corrected chi connectivity index (χ1v) is 7.27. The van der Waals surface area contributed by atoms with E-state index in [1.807, 2.05) is 54.4 Å². The molecule has 0 atom stereocenters. The summed E-state index contributed by atoms with van der Waals surface area (Å²) in [5, 5.41) is 3.23. The molecule has 3 aromatic rings. The van der Waals surface area contributed by atoms with Gasteiger partial charge in [0, 0.05) is 31.7 Å². The van der Waals surface area contributed by atoms with Gasteiger partial charge in [-0.1, -0.05) is 24.3 Å². The second kappa shape index (κ2) is 6.74. The molecular formula is C17H18N6. The fraction of sp³-hybridized carbons (Fsp3) is 0.118. The summed E-state index contributed by atoms with van der Waals surface area (Å²) in [6.45, 7) is 0.601. The number of nitrogens with two attached hydrogens (primary N) is 1. The molecule has 23 heavy (non-hydrogen) atoms. The average molecular weight is 306 g/mol. The quantitative estimate of drug-likeness (QED) is 0.754. The fourth-order valence-corrected chi connectivity index (χ4v) is 2.26. The molecular weight excluding hydrogens is 288 g/mol. The second-order valence-electron chi connectivity index (χ2n) is 5.07. The smallest absolute Gasteiger partial charge is 0.161 e. The molecule has 0 fully saturated rings. The Bertz CT molecular complexity index is 761. The van der Waals surface area contributed by atoms with Crippen LogP contribution in [0.15, 0.2) is 61.2 Å². The molecule has 2 aromatic heterocycles. The average Bonchev–Trinajstić information content (AvgIpc) is 2.62. The van der Waals surface area contributed by atoms with Crippen LogP contribution < -0.4 is 16.0 Å². The third-order valence-electron chi connectivity index (χ3n) is 3.51. The van der Waals surface area contributed by atoms with Gasteiger partial charge in [0.25, 0.3) is 0 Å². The molecule has 0 aliphatic heterocycles. The highest BCUT2D eigenvalue weighted by Crippen LogP contribution is 2.30. The van der Waals surface area contributed by atoms with Gasteiger partial charge in [0.05, 0.1) is 0 Å². The molecule has 3 rings (SSSR count). The lowest BCUT2D eigenvalue weighted by atomic mass is 10.2. The van der Waals surface area contributed by atoms with Gasteiger partial charge in [0.15, 0.2) is 11.6 Å². The Kier molecular flexibility index (Phi) is 4.33. The van der Waals surface area contributed by atoms with E-state index >= 15 is 0 Å². The number of anilines is 4. The van der Waals surface area contributed by atoms with Gasteiger partial charge in [-0.3, -0.25) is 4.98 Å². The summed E-state index contributed by atoms with van der Waals surface area (Å²) in [5.74, 6) is 1.28. The van der Waals surface area contributed by atoms with Crippen molar-refractivity contribution < 1.29 is 0 Å². The van der Waals surface area contributed by atoms with Gasteiger partial charge in [0.1, 0.15) is 12.0 Å². The second-order valence-corrected chi connectivity index (χ2v) is 5.07. The summed E-state index contributed by atoms with van der Waals surface area (Å²) >= 11 is 0. The molecule has 0 bridgehead atoms. The van der Waals surface area contributed by atoms with Crippen LogP contribution in [-0.2, 0) is 6.54 Å². The van der Waals surface area contributed by atoms with Crippen LogP contribution in [0.25, 0.3) is 0 Å². The Morgan fingerprint density at radius 1 is 1.09 bits per heavy atom. The molecule has 0 unspecified atom stereocenters. The van der Waals surface area contributed by atoms with E-state index in [1.54, 1.807) is 12.4 Å². The molecule has 0 radical (unpaired) electrons. The van der Waals surface area contributed by atoms with Crippen molar-refractivity contribution in [3.63, 3.8) is 0 Å². The van der Waals surface area contributed by atoms with Crippen molar-refractivity contribution in [3.8, 4) is 0 Å². The largest absolute Gasteiger partial charge is 0.393 e. The maximum atomic E-state index is 6.24. The summed E-state index contributed by atoms with van der Waals surface area (Å²) < 4.78 is 0. The number of hydrogen-bond acceptors (Lipinski definition) is 6. The van der Waals surface area contributed by atoms with Crippen molar-refractivity contribution in [2.75, 3.05) is 23.0 Å². The van der Waals surface area contributed by atoms with Crippen molar-refractivity contribution in [1.29, 1.82) is 0 Å². The van der Waals surface area contributed by atoms with Crippen molar-refractivity contribution in [2.24, 2.45) is 0 Å². The molecule has 0 spiro atoms. The van der Waals surface area contributed by atoms with Crippen LogP contribution in [0, 0.1) is 0 Å². The summed E-state index contributed by atoms with van der Waals surface area (Å²) in [6.07, 6.45) is 5.06. The van der Waals surface area contributed by atoms with Gasteiger partial charge in [-0.15, -0.1) is 0 Å². The highest BCUT2D eigenvalue weighted by atomic mass is 15.2. The number of nitrogens with zero attached hydrogens (tertiary/aromatic N) is 4. The number of para-hydroxylation sites is 1. The van der Waals surface area contributed by atoms with E-state index < -0.39 is 0 Å². The van der Waals surface area contributed by atoms with Crippen LogP contribution in [0.3, 0.4) is 0 Å². The monoisotopic (exact) mass is 306 g/mol. The molecule has 0 saturated heterocycles. The van der Waals surface area contributed by atoms with Crippen LogP contribution in [0.1, 0.15) is 5.56 Å². The van der Waals surface area contributed by atoms with E-state index in [2.05, 4.69) is 20.3 Å². The van der Waals surface area contributed by atoms with Gasteiger partial charge < -0.3 is 16.0 Å². The van der Waals surface area contributed by atoms with Gasteiger partial charge in [-0.25, -0.2) is 9.97 Å². The van der Waals surface area contributed by atoms with E-state index in [9.17, 15) is 0 Å². The summed E-state index contributed by atoms with van der Waals surface area (Å²) in [6, 6.07) is 13.8. The topological polar surface area (TPSA) is 80.0 Å². The lowest BCUT2D eigenvalue weighted by molar-refractivity contribution is 1.05. The number of nitrogen functional groups attached to an aromatic ring is 1. The number of aromatic nitrogens is 3. The van der Waals surface area contributed by atoms with Crippen LogP contribution in [0.4, 0.5) is 23.0 Å². The molecule has 6 heteroatoms. The molecule has 6 nitrogen and oxygen atoms in total. The summed E-state index contributed by atoms with van der Waals surface area (Å²) in [5.41, 5.74) is 8.83. The van der Waals surface area contributed by atoms with E-state index in [0.29, 0.717) is 23.9 Å². The molecule has 0 saturated carbocycles. The van der Waals surface area contributed by atoms with Gasteiger partial charge in [-0.05, 0) is 23.8 Å². The Balaban J connectivity index is 1.81. The van der Waals surface area contributed by atoms with Gasteiger partial charge >= 0.3 is 0 Å². The molecule has 1 aromatic carbocycles. The van der Waals surface area contributed by atoms with Gasteiger partial charge in [0.2, 0.25) is 0 Å². The molecule has 0 amide bonds. The molecule has 116 valence electrons. The maximum absolute atomic E-state index is 6.24. The third kappa shape index (κ3) is 3.37. The van der Waals surface area contributed by atoms with Crippen molar-refractivity contribution >= 4 is 23.0 Å². The highest BCUT2D eigenvalue weighted by Gasteiger charge is 2.13. The van der Waals surface area contributed by atoms with Crippen LogP contribution in [-0.4, -0.2) is 22.0 Å². The Morgan fingerprint density at radius 2 is 1.91 bits per heavy atom. The zero-order valence-corrected chi connectivity index (χ0v) is 12.8. The number of pyridine rings is 1. The van der Waals surface area contributed by atoms with E-state index in [1.165, 1.54) is 6.33 Å². The zero-order chi connectivity index (χ0) is 16.1. The summed E-state index contributed by atoms with van der Waals surface area (Å²) in [7, 11) is 1.93. The zero-order valence-electron chi connectivity index (χ0n) is 12.8. The Labute approximate surface area is 135 Å². The Hall–Kier alpha value is -3.15. The van der Waals surface area contributed by atoms with E-state index in [4.69, 9.17) is 5.73 Å². The first kappa shape index (κ1) is 14.8. The van der Waals surface area contributed by atoms with Crippen molar-refractivity contribution in [1.82, 2.24) is 15.0 Å². The lowest BCUT2D eigenvalue weighted by Crippen LogP contribution is -2.15. The number of benzene rings is 1.